The van der Waals surface area contributed by atoms with Gasteiger partial charge in [0.25, 0.3) is 0 Å². The molecule has 3 heteroatoms. The molecule has 4 aliphatic rings. The molecule has 0 aromatic rings. The molecule has 0 aliphatic heterocycles. The molecule has 0 aromatic heterocycles. The van der Waals surface area contributed by atoms with Crippen LogP contribution in [0.15, 0.2) is 34.3 Å². The monoisotopic (exact) mass is 384 g/mol. The summed E-state index contributed by atoms with van der Waals surface area (Å²) in [6.45, 7) is 15.7. The van der Waals surface area contributed by atoms with Crippen LogP contribution in [-0.4, -0.2) is 17.3 Å². The van der Waals surface area contributed by atoms with Gasteiger partial charge < -0.3 is 0 Å². The van der Waals surface area contributed by atoms with E-state index in [1.54, 1.807) is 11.8 Å². The third-order valence-corrected chi connectivity index (χ3v) is 9.64. The normalized spacial score (nSPS) is 44.0. The van der Waals surface area contributed by atoms with Gasteiger partial charge in [-0.3, -0.25) is 9.59 Å². The van der Waals surface area contributed by atoms with Crippen LogP contribution < -0.4 is 0 Å². The van der Waals surface area contributed by atoms with Gasteiger partial charge in [0, 0.05) is 17.3 Å². The maximum absolute atomic E-state index is 12.8. The fourth-order valence-corrected chi connectivity index (χ4v) is 7.99. The lowest BCUT2D eigenvalue weighted by Crippen LogP contribution is -2.54. The zero-order chi connectivity index (χ0) is 19.7. The second-order valence-corrected chi connectivity index (χ2v) is 10.8. The van der Waals surface area contributed by atoms with Crippen molar-refractivity contribution >= 4 is 23.3 Å². The molecule has 0 unspecified atom stereocenters. The smallest absolute Gasteiger partial charge is 0.192 e. The number of rotatable bonds is 2. The van der Waals surface area contributed by atoms with E-state index in [1.807, 2.05) is 6.08 Å². The SMILES string of the molecule is C=C1C2=C(SCC)C(=O)C=C(C)[C@]2(C)[C@H]2CC[C@]3(C)C(=O)CC[C@H]3[C@@H]2[C@@H]1C. The number of Topliss-reactive ketones (excluding diaryl/α,β-unsaturated/α-hetero) is 1. The summed E-state index contributed by atoms with van der Waals surface area (Å²) >= 11 is 1.68. The van der Waals surface area contributed by atoms with Crippen LogP contribution in [0.1, 0.15) is 60.3 Å². The van der Waals surface area contributed by atoms with Crippen molar-refractivity contribution in [2.75, 3.05) is 5.75 Å². The minimum atomic E-state index is -0.142. The van der Waals surface area contributed by atoms with Crippen LogP contribution in [0.2, 0.25) is 0 Å². The molecule has 3 saturated carbocycles. The number of ketones is 2. The van der Waals surface area contributed by atoms with Crippen LogP contribution in [0.4, 0.5) is 0 Å². The van der Waals surface area contributed by atoms with Crippen molar-refractivity contribution in [3.63, 3.8) is 0 Å². The Morgan fingerprint density at radius 3 is 2.59 bits per heavy atom. The van der Waals surface area contributed by atoms with Gasteiger partial charge in [0.05, 0.1) is 4.91 Å². The first kappa shape index (κ1) is 19.2. The molecule has 0 spiro atoms. The highest BCUT2D eigenvalue weighted by molar-refractivity contribution is 8.04. The van der Waals surface area contributed by atoms with E-state index in [0.717, 1.165) is 41.9 Å². The lowest BCUT2D eigenvalue weighted by atomic mass is 9.44. The summed E-state index contributed by atoms with van der Waals surface area (Å²) in [6.07, 6.45) is 5.73. The Kier molecular flexibility index (Phi) is 4.42. The molecular weight excluding hydrogens is 352 g/mol. The molecule has 0 N–H and O–H groups in total. The number of hydrogen-bond acceptors (Lipinski definition) is 3. The average molecular weight is 385 g/mol. The van der Waals surface area contributed by atoms with Gasteiger partial charge in [0.1, 0.15) is 5.78 Å². The Morgan fingerprint density at radius 1 is 1.22 bits per heavy atom. The van der Waals surface area contributed by atoms with Gasteiger partial charge in [-0.1, -0.05) is 39.8 Å². The summed E-state index contributed by atoms with van der Waals surface area (Å²) in [6, 6.07) is 0. The van der Waals surface area contributed by atoms with Gasteiger partial charge in [0.2, 0.25) is 0 Å². The number of allylic oxidation sites excluding steroid dienone is 5. The largest absolute Gasteiger partial charge is 0.299 e. The summed E-state index contributed by atoms with van der Waals surface area (Å²) in [5.74, 6) is 3.31. The minimum Gasteiger partial charge on any atom is -0.299 e. The number of carbonyl (C=O) groups excluding carboxylic acids is 2. The number of thioether (sulfide) groups is 1. The maximum Gasteiger partial charge on any atom is 0.192 e. The van der Waals surface area contributed by atoms with Gasteiger partial charge in [-0.2, -0.15) is 0 Å². The third-order valence-electron chi connectivity index (χ3n) is 8.66. The molecular formula is C24H32O2S. The molecule has 3 fully saturated rings. The quantitative estimate of drug-likeness (QED) is 0.608. The van der Waals surface area contributed by atoms with Gasteiger partial charge >= 0.3 is 0 Å². The second-order valence-electron chi connectivity index (χ2n) is 9.55. The van der Waals surface area contributed by atoms with E-state index in [2.05, 4.69) is 41.2 Å². The van der Waals surface area contributed by atoms with Crippen molar-refractivity contribution in [1.29, 1.82) is 0 Å². The van der Waals surface area contributed by atoms with E-state index >= 15 is 0 Å². The molecule has 4 aliphatic carbocycles. The fraction of sp³-hybridized carbons (Fsp3) is 0.667. The highest BCUT2D eigenvalue weighted by Gasteiger charge is 2.62. The first-order valence-electron chi connectivity index (χ1n) is 10.5. The first-order chi connectivity index (χ1) is 12.7. The van der Waals surface area contributed by atoms with Crippen molar-refractivity contribution in [3.05, 3.63) is 34.3 Å². The molecule has 0 aromatic carbocycles. The van der Waals surface area contributed by atoms with Crippen molar-refractivity contribution in [2.45, 2.75) is 60.3 Å². The molecule has 6 atom stereocenters. The van der Waals surface area contributed by atoms with Crippen molar-refractivity contribution in [3.8, 4) is 0 Å². The molecule has 0 heterocycles. The van der Waals surface area contributed by atoms with Crippen LogP contribution >= 0.6 is 11.8 Å². The topological polar surface area (TPSA) is 34.1 Å². The standard InChI is InChI=1S/C24H32O2S/c1-7-27-22-18(25)12-13(2)24(6)17-10-11-23(5)16(8-9-19(23)26)20(17)14(3)15(4)21(22)24/h12,14,16-17,20H,4,7-11H2,1-3,5-6H3/t14-,16+,17+,20+,23+,24-/m1/s1. The zero-order valence-electron chi connectivity index (χ0n) is 17.4. The van der Waals surface area contributed by atoms with E-state index in [0.29, 0.717) is 29.5 Å². The van der Waals surface area contributed by atoms with E-state index in [-0.39, 0.29) is 16.6 Å². The van der Waals surface area contributed by atoms with E-state index in [4.69, 9.17) is 0 Å². The summed E-state index contributed by atoms with van der Waals surface area (Å²) in [4.78, 5) is 26.5. The summed E-state index contributed by atoms with van der Waals surface area (Å²) < 4.78 is 0. The van der Waals surface area contributed by atoms with Crippen molar-refractivity contribution < 1.29 is 9.59 Å². The molecule has 0 saturated heterocycles. The summed E-state index contributed by atoms with van der Waals surface area (Å²) in [7, 11) is 0. The van der Waals surface area contributed by atoms with Gasteiger partial charge in [-0.25, -0.2) is 0 Å². The van der Waals surface area contributed by atoms with Crippen molar-refractivity contribution in [1.82, 2.24) is 0 Å². The van der Waals surface area contributed by atoms with Gasteiger partial charge in [-0.15, -0.1) is 11.8 Å². The highest BCUT2D eigenvalue weighted by Crippen LogP contribution is 2.68. The van der Waals surface area contributed by atoms with E-state index in [9.17, 15) is 9.59 Å². The minimum absolute atomic E-state index is 0.118. The van der Waals surface area contributed by atoms with Crippen LogP contribution in [0, 0.1) is 34.5 Å². The summed E-state index contributed by atoms with van der Waals surface area (Å²) in [5, 5.41) is 0. The Bertz CT molecular complexity index is 803. The molecule has 2 nitrogen and oxygen atoms in total. The predicted octanol–water partition coefficient (Wildman–Crippen LogP) is 5.75. The van der Waals surface area contributed by atoms with Crippen LogP contribution in [0.3, 0.4) is 0 Å². The molecule has 0 radical (unpaired) electrons. The number of hydrogen-bond donors (Lipinski definition) is 0. The van der Waals surface area contributed by atoms with E-state index in [1.165, 1.54) is 11.1 Å². The molecule has 27 heavy (non-hydrogen) atoms. The fourth-order valence-electron chi connectivity index (χ4n) is 7.01. The van der Waals surface area contributed by atoms with Crippen LogP contribution in [0.5, 0.6) is 0 Å². The Morgan fingerprint density at radius 2 is 1.93 bits per heavy atom. The lowest BCUT2D eigenvalue weighted by molar-refractivity contribution is -0.132. The van der Waals surface area contributed by atoms with Crippen LogP contribution in [-0.2, 0) is 9.59 Å². The Balaban J connectivity index is 1.89. The number of carbonyl (C=O) groups is 2. The average Bonchev–Trinajstić information content (AvgIpc) is 2.92. The van der Waals surface area contributed by atoms with Gasteiger partial charge in [-0.05, 0) is 72.8 Å². The zero-order valence-corrected chi connectivity index (χ0v) is 18.2. The third kappa shape index (κ3) is 2.33. The predicted molar refractivity (Wildman–Crippen MR) is 112 cm³/mol. The number of fused-ring (bicyclic) bond motifs is 5. The Hall–Kier alpha value is -1.09. The maximum atomic E-state index is 12.8. The summed E-state index contributed by atoms with van der Waals surface area (Å²) in [5.41, 5.74) is 3.31. The second kappa shape index (κ2) is 6.20. The van der Waals surface area contributed by atoms with E-state index < -0.39 is 0 Å². The van der Waals surface area contributed by atoms with Gasteiger partial charge in [0.15, 0.2) is 5.78 Å². The molecule has 4 rings (SSSR count). The molecule has 146 valence electrons. The van der Waals surface area contributed by atoms with Crippen LogP contribution in [0.25, 0.3) is 0 Å². The first-order valence-corrected chi connectivity index (χ1v) is 11.5. The Labute approximate surface area is 167 Å². The molecule has 0 bridgehead atoms. The van der Waals surface area contributed by atoms with Crippen molar-refractivity contribution in [2.24, 2.45) is 34.5 Å². The molecule has 0 amide bonds. The highest BCUT2D eigenvalue weighted by atomic mass is 32.2. The lowest BCUT2D eigenvalue weighted by Gasteiger charge is -2.60.